The standard InChI is InChI=1S/C52H87N2O6P/c1-6-8-10-12-13-14-15-16-17-18-19-20-21-22-23-24-25-26-27-28-29-30-31-32-33-34-35-36-37-38-39-40-41-42-44-46-52(56)53-50(51(55)45-43-11-9-7-2)49-60-61(57,58)59-48-47-54(3,4)5/h8,10,13-14,16-17,19-20,22-23,25-26,28-29,31-32,34-35,43,45,50-51,55H,6-7,9,11-12,15,18,21,24,27,30,33,36-42,44,46-49H2,1-5H3,(H-,53,56,57,58)/b10-8-,14-13-,17-16-,20-19-,23-22-,26-25-,29-28-,32-31-,35-34-,45-43+. The van der Waals surface area contributed by atoms with E-state index in [4.69, 9.17) is 9.05 Å². The Morgan fingerprint density at radius 1 is 0.590 bits per heavy atom. The molecule has 2 N–H and O–H groups in total. The third kappa shape index (κ3) is 44.8. The van der Waals surface area contributed by atoms with Crippen molar-refractivity contribution in [1.82, 2.24) is 5.32 Å². The first-order valence-corrected chi connectivity index (χ1v) is 24.9. The number of hydrogen-bond acceptors (Lipinski definition) is 6. The molecule has 3 atom stereocenters. The molecule has 0 fully saturated rings. The van der Waals surface area contributed by atoms with E-state index in [1.165, 1.54) is 19.3 Å². The molecule has 0 bridgehead atoms. The maximum Gasteiger partial charge on any atom is 0.268 e. The van der Waals surface area contributed by atoms with E-state index in [2.05, 4.69) is 129 Å². The summed E-state index contributed by atoms with van der Waals surface area (Å²) in [5.41, 5.74) is 0. The second-order valence-corrected chi connectivity index (χ2v) is 17.8. The molecule has 0 aliphatic heterocycles. The van der Waals surface area contributed by atoms with Gasteiger partial charge in [0.15, 0.2) is 0 Å². The summed E-state index contributed by atoms with van der Waals surface area (Å²) in [5.74, 6) is -0.226. The zero-order valence-corrected chi connectivity index (χ0v) is 39.9. The number of hydrogen-bond donors (Lipinski definition) is 2. The fraction of sp³-hybridized carbons (Fsp3) is 0.596. The third-order valence-corrected chi connectivity index (χ3v) is 10.4. The molecule has 0 spiro atoms. The van der Waals surface area contributed by atoms with Gasteiger partial charge >= 0.3 is 0 Å². The quantitative estimate of drug-likeness (QED) is 0.0275. The highest BCUT2D eigenvalue weighted by molar-refractivity contribution is 7.45. The number of rotatable bonds is 40. The molecule has 61 heavy (non-hydrogen) atoms. The van der Waals surface area contributed by atoms with E-state index >= 15 is 0 Å². The van der Waals surface area contributed by atoms with Gasteiger partial charge in [-0.3, -0.25) is 9.36 Å². The Balaban J connectivity index is 4.00. The summed E-state index contributed by atoms with van der Waals surface area (Å²) in [5, 5.41) is 13.5. The monoisotopic (exact) mass is 867 g/mol. The number of carbonyl (C=O) groups is 1. The highest BCUT2D eigenvalue weighted by Gasteiger charge is 2.23. The summed E-state index contributed by atoms with van der Waals surface area (Å²) in [6.45, 7) is 4.32. The van der Waals surface area contributed by atoms with Gasteiger partial charge in [0, 0.05) is 6.42 Å². The minimum absolute atomic E-state index is 0.0115. The Hall–Kier alpha value is -3.10. The molecule has 0 heterocycles. The summed E-state index contributed by atoms with van der Waals surface area (Å²) in [7, 11) is 1.22. The van der Waals surface area contributed by atoms with E-state index in [9.17, 15) is 19.4 Å². The Bertz CT molecular complexity index is 1400. The van der Waals surface area contributed by atoms with E-state index < -0.39 is 26.6 Å². The van der Waals surface area contributed by atoms with Crippen LogP contribution < -0.4 is 10.2 Å². The van der Waals surface area contributed by atoms with E-state index in [0.717, 1.165) is 109 Å². The van der Waals surface area contributed by atoms with Crippen molar-refractivity contribution in [3.05, 3.63) is 122 Å². The van der Waals surface area contributed by atoms with Crippen molar-refractivity contribution < 1.29 is 32.9 Å². The number of allylic oxidation sites excluding steroid dienone is 19. The minimum Gasteiger partial charge on any atom is -0.756 e. The van der Waals surface area contributed by atoms with Crippen LogP contribution in [0, 0.1) is 0 Å². The number of nitrogens with one attached hydrogen (secondary N) is 1. The normalized spacial score (nSPS) is 15.3. The topological polar surface area (TPSA) is 108 Å². The maximum absolute atomic E-state index is 12.7. The molecule has 0 radical (unpaired) electrons. The van der Waals surface area contributed by atoms with E-state index in [1.807, 2.05) is 27.2 Å². The van der Waals surface area contributed by atoms with Crippen molar-refractivity contribution in [1.29, 1.82) is 0 Å². The Morgan fingerprint density at radius 3 is 1.44 bits per heavy atom. The minimum atomic E-state index is -4.58. The van der Waals surface area contributed by atoms with E-state index in [0.29, 0.717) is 17.4 Å². The van der Waals surface area contributed by atoms with Crippen molar-refractivity contribution >= 4 is 13.7 Å². The number of phosphoric ester groups is 1. The van der Waals surface area contributed by atoms with Crippen molar-refractivity contribution in [3.8, 4) is 0 Å². The lowest BCUT2D eigenvalue weighted by atomic mass is 10.1. The molecule has 0 aromatic heterocycles. The molecular weight excluding hydrogens is 780 g/mol. The average molecular weight is 867 g/mol. The van der Waals surface area contributed by atoms with Crippen LogP contribution in [-0.4, -0.2) is 68.5 Å². The molecular formula is C52H87N2O6P. The predicted molar refractivity (Wildman–Crippen MR) is 260 cm³/mol. The molecule has 0 aromatic rings. The molecule has 0 rings (SSSR count). The molecule has 0 aliphatic carbocycles. The van der Waals surface area contributed by atoms with Crippen LogP contribution >= 0.6 is 7.82 Å². The largest absolute Gasteiger partial charge is 0.756 e. The summed E-state index contributed by atoms with van der Waals surface area (Å²) in [4.78, 5) is 25.0. The number of nitrogens with zero attached hydrogens (tertiary/aromatic N) is 1. The number of carbonyl (C=O) groups excluding carboxylic acids is 1. The average Bonchev–Trinajstić information content (AvgIpc) is 3.21. The lowest BCUT2D eigenvalue weighted by molar-refractivity contribution is -0.870. The predicted octanol–water partition coefficient (Wildman–Crippen LogP) is 12.8. The Morgan fingerprint density at radius 2 is 1.00 bits per heavy atom. The number of quaternary nitrogens is 1. The van der Waals surface area contributed by atoms with Gasteiger partial charge in [-0.1, -0.05) is 180 Å². The summed E-state index contributed by atoms with van der Waals surface area (Å²) < 4.78 is 22.9. The van der Waals surface area contributed by atoms with Crippen LogP contribution in [0.2, 0.25) is 0 Å². The van der Waals surface area contributed by atoms with Gasteiger partial charge in [-0.25, -0.2) is 0 Å². The van der Waals surface area contributed by atoms with Gasteiger partial charge in [-0.2, -0.15) is 0 Å². The highest BCUT2D eigenvalue weighted by Crippen LogP contribution is 2.38. The highest BCUT2D eigenvalue weighted by atomic mass is 31.2. The zero-order chi connectivity index (χ0) is 45.0. The van der Waals surface area contributed by atoms with Gasteiger partial charge in [0.05, 0.1) is 39.9 Å². The van der Waals surface area contributed by atoms with Crippen LogP contribution in [0.5, 0.6) is 0 Å². The summed E-state index contributed by atoms with van der Waals surface area (Å²) >= 11 is 0. The first kappa shape index (κ1) is 57.9. The van der Waals surface area contributed by atoms with Crippen LogP contribution in [0.25, 0.3) is 0 Å². The van der Waals surface area contributed by atoms with Crippen molar-refractivity contribution in [2.24, 2.45) is 0 Å². The first-order chi connectivity index (χ1) is 29.5. The van der Waals surface area contributed by atoms with Crippen LogP contribution in [0.1, 0.15) is 149 Å². The lowest BCUT2D eigenvalue weighted by Gasteiger charge is -2.29. The van der Waals surface area contributed by atoms with Gasteiger partial charge in [-0.05, 0) is 83.5 Å². The van der Waals surface area contributed by atoms with Gasteiger partial charge in [0.1, 0.15) is 13.2 Å². The van der Waals surface area contributed by atoms with Crippen LogP contribution in [0.15, 0.2) is 122 Å². The first-order valence-electron chi connectivity index (χ1n) is 23.4. The smallest absolute Gasteiger partial charge is 0.268 e. The molecule has 8 nitrogen and oxygen atoms in total. The van der Waals surface area contributed by atoms with E-state index in [-0.39, 0.29) is 12.5 Å². The van der Waals surface area contributed by atoms with Gasteiger partial charge < -0.3 is 28.8 Å². The number of likely N-dealkylation sites (N-methyl/N-ethyl adjacent to an activating group) is 1. The van der Waals surface area contributed by atoms with Crippen LogP contribution in [0.3, 0.4) is 0 Å². The zero-order valence-electron chi connectivity index (χ0n) is 39.1. The van der Waals surface area contributed by atoms with Gasteiger partial charge in [0.25, 0.3) is 7.82 Å². The molecule has 346 valence electrons. The third-order valence-electron chi connectivity index (χ3n) is 9.43. The second kappa shape index (κ2) is 42.2. The van der Waals surface area contributed by atoms with Crippen molar-refractivity contribution in [2.75, 3.05) is 40.9 Å². The fourth-order valence-corrected chi connectivity index (χ4v) is 6.44. The summed E-state index contributed by atoms with van der Waals surface area (Å²) in [6.07, 6.45) is 63.3. The van der Waals surface area contributed by atoms with E-state index in [1.54, 1.807) is 6.08 Å². The van der Waals surface area contributed by atoms with Crippen LogP contribution in [0.4, 0.5) is 0 Å². The van der Waals surface area contributed by atoms with Crippen LogP contribution in [-0.2, 0) is 18.4 Å². The number of unbranched alkanes of at least 4 members (excludes halogenated alkanes) is 9. The number of aliphatic hydroxyl groups excluding tert-OH is 1. The molecule has 1 amide bonds. The fourth-order valence-electron chi connectivity index (χ4n) is 5.72. The Labute approximate surface area is 374 Å². The molecule has 0 saturated carbocycles. The van der Waals surface area contributed by atoms with Crippen molar-refractivity contribution in [2.45, 2.75) is 161 Å². The molecule has 0 aliphatic rings. The number of aliphatic hydroxyl groups is 1. The molecule has 0 saturated heterocycles. The SMILES string of the molecule is CC/C=C\C/C=C\C/C=C\C/C=C\C/C=C\C/C=C\C/C=C\C/C=C\C/C=C\CCCCCCCCCC(=O)NC(COP(=O)([O-])OCC[N+](C)(C)C)C(O)/C=C/CCCC. The van der Waals surface area contributed by atoms with Crippen molar-refractivity contribution in [3.63, 3.8) is 0 Å². The number of phosphoric acid groups is 1. The molecule has 3 unspecified atom stereocenters. The molecule has 9 heteroatoms. The summed E-state index contributed by atoms with van der Waals surface area (Å²) in [6, 6.07) is -0.896. The maximum atomic E-state index is 12.7. The van der Waals surface area contributed by atoms with Gasteiger partial charge in [0.2, 0.25) is 5.91 Å². The molecule has 0 aromatic carbocycles. The lowest BCUT2D eigenvalue weighted by Crippen LogP contribution is -2.45. The Kier molecular flexibility index (Phi) is 40.1. The number of amides is 1. The second-order valence-electron chi connectivity index (χ2n) is 16.4. The van der Waals surface area contributed by atoms with Gasteiger partial charge in [-0.15, -0.1) is 0 Å².